The first-order valence-electron chi connectivity index (χ1n) is 6.58. The Morgan fingerprint density at radius 2 is 1.85 bits per heavy atom. The second kappa shape index (κ2) is 6.85. The Labute approximate surface area is 127 Å². The van der Waals surface area contributed by atoms with Crippen molar-refractivity contribution < 1.29 is 9.59 Å². The van der Waals surface area contributed by atoms with Gasteiger partial charge in [-0.3, -0.25) is 14.5 Å². The molecule has 0 unspecified atom stereocenters. The number of nitrogens with one attached hydrogen (secondary N) is 1. The molecule has 2 amide bonds. The van der Waals surface area contributed by atoms with Crippen LogP contribution in [0.3, 0.4) is 0 Å². The van der Waals surface area contributed by atoms with Crippen LogP contribution in [0.5, 0.6) is 0 Å². The number of carbonyl (C=O) groups excluding carboxylic acids is 2. The van der Waals surface area contributed by atoms with E-state index >= 15 is 0 Å². The van der Waals surface area contributed by atoms with Crippen LogP contribution in [0.2, 0.25) is 0 Å². The molecule has 1 aromatic carbocycles. The smallest absolute Gasteiger partial charge is 0.255 e. The van der Waals surface area contributed by atoms with Gasteiger partial charge in [-0.25, -0.2) is 0 Å². The zero-order chi connectivity index (χ0) is 14.5. The molecule has 0 radical (unpaired) electrons. The van der Waals surface area contributed by atoms with Gasteiger partial charge in [0.1, 0.15) is 0 Å². The molecule has 0 bridgehead atoms. The van der Waals surface area contributed by atoms with E-state index in [0.717, 1.165) is 17.6 Å². The number of halogens is 1. The number of rotatable bonds is 3. The maximum atomic E-state index is 12.4. The third-order valence-electron chi connectivity index (χ3n) is 3.41. The fourth-order valence-electron chi connectivity index (χ4n) is 2.20. The molecule has 0 aromatic heterocycles. The topological polar surface area (TPSA) is 52.7 Å². The largest absolute Gasteiger partial charge is 0.358 e. The molecule has 5 nitrogen and oxygen atoms in total. The lowest BCUT2D eigenvalue weighted by Gasteiger charge is -2.34. The summed E-state index contributed by atoms with van der Waals surface area (Å²) in [5.41, 5.74) is 0.687. The van der Waals surface area contributed by atoms with Crippen molar-refractivity contribution in [1.82, 2.24) is 15.1 Å². The average Bonchev–Trinajstić information content (AvgIpc) is 2.47. The molecule has 0 spiro atoms. The van der Waals surface area contributed by atoms with Gasteiger partial charge in [0.05, 0.1) is 12.1 Å². The molecular formula is C14H18BrN3O2. The quantitative estimate of drug-likeness (QED) is 0.892. The second-order valence-electron chi connectivity index (χ2n) is 4.72. The van der Waals surface area contributed by atoms with Gasteiger partial charge < -0.3 is 10.2 Å². The van der Waals surface area contributed by atoms with Crippen molar-refractivity contribution in [2.24, 2.45) is 0 Å². The van der Waals surface area contributed by atoms with Crippen molar-refractivity contribution in [3.63, 3.8) is 0 Å². The summed E-state index contributed by atoms with van der Waals surface area (Å²) in [7, 11) is 1.63. The highest BCUT2D eigenvalue weighted by atomic mass is 79.9. The summed E-state index contributed by atoms with van der Waals surface area (Å²) in [6, 6.07) is 7.44. The molecule has 1 fully saturated rings. The minimum atomic E-state index is 0.00980. The lowest BCUT2D eigenvalue weighted by Crippen LogP contribution is -2.50. The molecule has 1 N–H and O–H groups in total. The summed E-state index contributed by atoms with van der Waals surface area (Å²) in [5, 5.41) is 2.61. The normalized spacial score (nSPS) is 16.0. The first kappa shape index (κ1) is 15.0. The Morgan fingerprint density at radius 1 is 1.20 bits per heavy atom. The third-order valence-corrected chi connectivity index (χ3v) is 4.10. The lowest BCUT2D eigenvalue weighted by atomic mass is 10.2. The van der Waals surface area contributed by atoms with Crippen molar-refractivity contribution in [2.75, 3.05) is 39.8 Å². The summed E-state index contributed by atoms with van der Waals surface area (Å²) >= 11 is 3.41. The van der Waals surface area contributed by atoms with Crippen LogP contribution in [-0.2, 0) is 4.79 Å². The predicted octanol–water partition coefficient (Wildman–Crippen LogP) is 0.953. The number of hydrogen-bond acceptors (Lipinski definition) is 3. The molecular weight excluding hydrogens is 322 g/mol. The van der Waals surface area contributed by atoms with Gasteiger partial charge in [-0.1, -0.05) is 12.1 Å². The zero-order valence-corrected chi connectivity index (χ0v) is 13.0. The van der Waals surface area contributed by atoms with E-state index in [9.17, 15) is 9.59 Å². The number of hydrogen-bond donors (Lipinski definition) is 1. The summed E-state index contributed by atoms with van der Waals surface area (Å²) in [4.78, 5) is 27.6. The number of likely N-dealkylation sites (N-methyl/N-ethyl adjacent to an activating group) is 1. The maximum absolute atomic E-state index is 12.4. The number of amides is 2. The second-order valence-corrected chi connectivity index (χ2v) is 5.58. The van der Waals surface area contributed by atoms with E-state index in [4.69, 9.17) is 0 Å². The van der Waals surface area contributed by atoms with Gasteiger partial charge in [-0.2, -0.15) is 0 Å². The van der Waals surface area contributed by atoms with Crippen molar-refractivity contribution >= 4 is 27.7 Å². The van der Waals surface area contributed by atoms with Crippen molar-refractivity contribution in [3.05, 3.63) is 34.3 Å². The summed E-state index contributed by atoms with van der Waals surface area (Å²) in [6.45, 7) is 3.15. The molecule has 1 heterocycles. The van der Waals surface area contributed by atoms with Crippen molar-refractivity contribution in [1.29, 1.82) is 0 Å². The van der Waals surface area contributed by atoms with E-state index < -0.39 is 0 Å². The molecule has 0 atom stereocenters. The molecule has 1 saturated heterocycles. The molecule has 1 aromatic rings. The highest BCUT2D eigenvalue weighted by Crippen LogP contribution is 2.18. The van der Waals surface area contributed by atoms with Crippen LogP contribution in [-0.4, -0.2) is 61.4 Å². The third kappa shape index (κ3) is 3.58. The summed E-state index contributed by atoms with van der Waals surface area (Å²) in [5.74, 6) is 0.0487. The Bertz CT molecular complexity index is 499. The minimum Gasteiger partial charge on any atom is -0.358 e. The molecule has 6 heteroatoms. The number of carbonyl (C=O) groups is 2. The van der Waals surface area contributed by atoms with E-state index in [2.05, 4.69) is 26.1 Å². The average molecular weight is 340 g/mol. The van der Waals surface area contributed by atoms with Gasteiger partial charge in [-0.15, -0.1) is 0 Å². The summed E-state index contributed by atoms with van der Waals surface area (Å²) in [6.07, 6.45) is 0. The Morgan fingerprint density at radius 3 is 2.45 bits per heavy atom. The predicted molar refractivity (Wildman–Crippen MR) is 80.6 cm³/mol. The van der Waals surface area contributed by atoms with E-state index in [1.54, 1.807) is 7.05 Å². The summed E-state index contributed by atoms with van der Waals surface area (Å²) < 4.78 is 0.817. The minimum absolute atomic E-state index is 0.00980. The number of piperazine rings is 1. The van der Waals surface area contributed by atoms with Crippen molar-refractivity contribution in [2.45, 2.75) is 0 Å². The van der Waals surface area contributed by atoms with Crippen LogP contribution >= 0.6 is 15.9 Å². The van der Waals surface area contributed by atoms with Crippen LogP contribution in [0.25, 0.3) is 0 Å². The number of nitrogens with zero attached hydrogens (tertiary/aromatic N) is 2. The van der Waals surface area contributed by atoms with Crippen molar-refractivity contribution in [3.8, 4) is 0 Å². The highest BCUT2D eigenvalue weighted by molar-refractivity contribution is 9.10. The molecule has 108 valence electrons. The van der Waals surface area contributed by atoms with Crippen LogP contribution in [0.15, 0.2) is 28.7 Å². The van der Waals surface area contributed by atoms with E-state index in [1.807, 2.05) is 29.2 Å². The first-order chi connectivity index (χ1) is 9.61. The molecule has 20 heavy (non-hydrogen) atoms. The first-order valence-corrected chi connectivity index (χ1v) is 7.38. The van der Waals surface area contributed by atoms with Gasteiger partial charge in [0.2, 0.25) is 5.91 Å². The Hall–Kier alpha value is -1.40. The fourth-order valence-corrected chi connectivity index (χ4v) is 2.65. The SMILES string of the molecule is CNC(=O)CN1CCN(C(=O)c2ccccc2Br)CC1. The Kier molecular flexibility index (Phi) is 5.14. The maximum Gasteiger partial charge on any atom is 0.255 e. The van der Waals surface area contributed by atoms with Crippen LogP contribution < -0.4 is 5.32 Å². The van der Waals surface area contributed by atoms with Gasteiger partial charge >= 0.3 is 0 Å². The standard InChI is InChI=1S/C14H18BrN3O2/c1-16-13(19)10-17-6-8-18(9-7-17)14(20)11-4-2-3-5-12(11)15/h2-5H,6-10H2,1H3,(H,16,19). The van der Waals surface area contributed by atoms with E-state index in [0.29, 0.717) is 25.2 Å². The van der Waals surface area contributed by atoms with Gasteiger partial charge in [0.25, 0.3) is 5.91 Å². The van der Waals surface area contributed by atoms with Gasteiger partial charge in [0.15, 0.2) is 0 Å². The van der Waals surface area contributed by atoms with Crippen LogP contribution in [0, 0.1) is 0 Å². The fraction of sp³-hybridized carbons (Fsp3) is 0.429. The van der Waals surface area contributed by atoms with Crippen LogP contribution in [0.1, 0.15) is 10.4 Å². The monoisotopic (exact) mass is 339 g/mol. The Balaban J connectivity index is 1.92. The van der Waals surface area contributed by atoms with Gasteiger partial charge in [-0.05, 0) is 28.1 Å². The molecule has 1 aliphatic rings. The van der Waals surface area contributed by atoms with E-state index in [1.165, 1.54) is 0 Å². The molecule has 2 rings (SSSR count). The van der Waals surface area contributed by atoms with E-state index in [-0.39, 0.29) is 11.8 Å². The molecule has 0 saturated carbocycles. The van der Waals surface area contributed by atoms with Crippen LogP contribution in [0.4, 0.5) is 0 Å². The highest BCUT2D eigenvalue weighted by Gasteiger charge is 2.23. The number of benzene rings is 1. The molecule has 1 aliphatic heterocycles. The molecule has 0 aliphatic carbocycles. The zero-order valence-electron chi connectivity index (χ0n) is 11.4. The van der Waals surface area contributed by atoms with Gasteiger partial charge in [0, 0.05) is 37.7 Å². The lowest BCUT2D eigenvalue weighted by molar-refractivity contribution is -0.122.